The highest BCUT2D eigenvalue weighted by atomic mass is 32.2. The molecule has 0 aliphatic carbocycles. The Bertz CT molecular complexity index is 1390. The molecule has 0 bridgehead atoms. The Balaban J connectivity index is 1.39. The Morgan fingerprint density at radius 3 is 2.00 bits per heavy atom. The van der Waals surface area contributed by atoms with Gasteiger partial charge in [-0.25, -0.2) is 14.9 Å². The van der Waals surface area contributed by atoms with Gasteiger partial charge in [0.2, 0.25) is 5.95 Å². The molecule has 7 nitrogen and oxygen atoms in total. The molecule has 0 fully saturated rings. The standard InChI is InChI=1S/C25H16N4O3S/c1-32-16-10-11-17-18(12-16)24(31)29(23(17)30)25-26-13-15(14-27-25)28-19-6-2-4-8-21(19)33-22-9-5-3-7-20(22)28/h2-14H,1H3. The zero-order valence-electron chi connectivity index (χ0n) is 17.4. The van der Waals surface area contributed by atoms with Gasteiger partial charge in [0.25, 0.3) is 11.8 Å². The average Bonchev–Trinajstić information content (AvgIpc) is 3.11. The van der Waals surface area contributed by atoms with Gasteiger partial charge in [-0.3, -0.25) is 9.59 Å². The van der Waals surface area contributed by atoms with E-state index in [9.17, 15) is 9.59 Å². The van der Waals surface area contributed by atoms with Crippen LogP contribution in [-0.2, 0) is 0 Å². The van der Waals surface area contributed by atoms with Crippen LogP contribution < -0.4 is 14.5 Å². The second kappa shape index (κ2) is 7.46. The average molecular weight is 452 g/mol. The third kappa shape index (κ3) is 2.99. The van der Waals surface area contributed by atoms with Crippen molar-refractivity contribution in [1.29, 1.82) is 0 Å². The van der Waals surface area contributed by atoms with Crippen molar-refractivity contribution in [2.24, 2.45) is 0 Å². The number of imide groups is 1. The van der Waals surface area contributed by atoms with Crippen molar-refractivity contribution in [3.8, 4) is 5.75 Å². The maximum Gasteiger partial charge on any atom is 0.268 e. The Kier molecular flexibility index (Phi) is 4.41. The fourth-order valence-electron chi connectivity index (χ4n) is 4.06. The van der Waals surface area contributed by atoms with Crippen LogP contribution in [0.5, 0.6) is 5.75 Å². The molecular weight excluding hydrogens is 436 g/mol. The molecule has 0 atom stereocenters. The summed E-state index contributed by atoms with van der Waals surface area (Å²) in [7, 11) is 1.51. The minimum atomic E-state index is -0.466. The lowest BCUT2D eigenvalue weighted by Gasteiger charge is -2.32. The van der Waals surface area contributed by atoms with Crippen molar-refractivity contribution >= 4 is 46.6 Å². The number of carbonyl (C=O) groups is 2. The first kappa shape index (κ1) is 19.5. The summed E-state index contributed by atoms with van der Waals surface area (Å²) in [4.78, 5) is 40.0. The van der Waals surface area contributed by atoms with Crippen LogP contribution in [0.2, 0.25) is 0 Å². The maximum absolute atomic E-state index is 12.9. The van der Waals surface area contributed by atoms with Gasteiger partial charge in [-0.05, 0) is 42.5 Å². The molecular formula is C25H16N4O3S. The SMILES string of the molecule is COc1ccc2c(c1)C(=O)N(c1ncc(N3c4ccccc4Sc4ccccc43)cn1)C2=O. The molecule has 2 aliphatic heterocycles. The molecule has 0 unspecified atom stereocenters. The maximum atomic E-state index is 12.9. The van der Waals surface area contributed by atoms with Crippen molar-refractivity contribution < 1.29 is 14.3 Å². The molecule has 4 aromatic rings. The van der Waals surface area contributed by atoms with Crippen LogP contribution in [0.15, 0.2) is 88.9 Å². The third-order valence-electron chi connectivity index (χ3n) is 5.61. The van der Waals surface area contributed by atoms with Crippen LogP contribution in [0.1, 0.15) is 20.7 Å². The number of benzene rings is 3. The van der Waals surface area contributed by atoms with E-state index in [1.807, 2.05) is 36.4 Å². The number of fused-ring (bicyclic) bond motifs is 3. The molecule has 0 saturated carbocycles. The topological polar surface area (TPSA) is 75.6 Å². The van der Waals surface area contributed by atoms with Gasteiger partial charge in [-0.15, -0.1) is 0 Å². The van der Waals surface area contributed by atoms with Gasteiger partial charge in [0, 0.05) is 9.79 Å². The lowest BCUT2D eigenvalue weighted by Crippen LogP contribution is -2.31. The molecule has 0 saturated heterocycles. The number of hydrogen-bond donors (Lipinski definition) is 0. The van der Waals surface area contributed by atoms with Crippen LogP contribution >= 0.6 is 11.8 Å². The summed E-state index contributed by atoms with van der Waals surface area (Å²) < 4.78 is 5.18. The first-order valence-electron chi connectivity index (χ1n) is 10.2. The predicted molar refractivity (Wildman–Crippen MR) is 125 cm³/mol. The van der Waals surface area contributed by atoms with E-state index in [1.54, 1.807) is 42.4 Å². The van der Waals surface area contributed by atoms with Crippen molar-refractivity contribution in [2.75, 3.05) is 16.9 Å². The van der Waals surface area contributed by atoms with Crippen LogP contribution in [0.4, 0.5) is 23.0 Å². The van der Waals surface area contributed by atoms with E-state index in [4.69, 9.17) is 4.74 Å². The van der Waals surface area contributed by atoms with Crippen molar-refractivity contribution in [2.45, 2.75) is 9.79 Å². The molecule has 3 aromatic carbocycles. The van der Waals surface area contributed by atoms with Gasteiger partial charge in [0.1, 0.15) is 5.75 Å². The molecule has 0 N–H and O–H groups in total. The fourth-order valence-corrected chi connectivity index (χ4v) is 5.11. The molecule has 3 heterocycles. The van der Waals surface area contributed by atoms with Crippen LogP contribution in [0, 0.1) is 0 Å². The van der Waals surface area contributed by atoms with E-state index in [2.05, 4.69) is 27.0 Å². The number of carbonyl (C=O) groups excluding carboxylic acids is 2. The summed E-state index contributed by atoms with van der Waals surface area (Å²) in [6, 6.07) is 21.0. The van der Waals surface area contributed by atoms with Gasteiger partial charge in [-0.1, -0.05) is 36.0 Å². The van der Waals surface area contributed by atoms with Crippen LogP contribution in [0.3, 0.4) is 0 Å². The zero-order valence-corrected chi connectivity index (χ0v) is 18.2. The molecule has 2 aliphatic rings. The monoisotopic (exact) mass is 452 g/mol. The minimum absolute atomic E-state index is 0.0388. The molecule has 6 rings (SSSR count). The number of amides is 2. The van der Waals surface area contributed by atoms with E-state index in [0.717, 1.165) is 31.8 Å². The highest BCUT2D eigenvalue weighted by molar-refractivity contribution is 7.99. The highest BCUT2D eigenvalue weighted by Crippen LogP contribution is 2.50. The number of methoxy groups -OCH3 is 1. The number of nitrogens with zero attached hydrogens (tertiary/aromatic N) is 4. The highest BCUT2D eigenvalue weighted by Gasteiger charge is 2.38. The summed E-state index contributed by atoms with van der Waals surface area (Å²) in [5.74, 6) is -0.368. The van der Waals surface area contributed by atoms with Crippen molar-refractivity contribution in [3.63, 3.8) is 0 Å². The quantitative estimate of drug-likeness (QED) is 0.347. The van der Waals surface area contributed by atoms with E-state index in [0.29, 0.717) is 11.3 Å². The Morgan fingerprint density at radius 2 is 1.36 bits per heavy atom. The molecule has 2 amide bonds. The summed E-state index contributed by atoms with van der Waals surface area (Å²) >= 11 is 1.71. The molecule has 8 heteroatoms. The van der Waals surface area contributed by atoms with Crippen molar-refractivity contribution in [3.05, 3.63) is 90.3 Å². The number of para-hydroxylation sites is 2. The molecule has 160 valence electrons. The Morgan fingerprint density at radius 1 is 0.758 bits per heavy atom. The zero-order chi connectivity index (χ0) is 22.5. The van der Waals surface area contributed by atoms with E-state index < -0.39 is 11.8 Å². The Hall–Kier alpha value is -4.17. The van der Waals surface area contributed by atoms with Gasteiger partial charge < -0.3 is 9.64 Å². The normalized spacial score (nSPS) is 14.1. The fraction of sp³-hybridized carbons (Fsp3) is 0.0400. The van der Waals surface area contributed by atoms with E-state index >= 15 is 0 Å². The summed E-state index contributed by atoms with van der Waals surface area (Å²) in [5.41, 5.74) is 3.36. The second-order valence-corrected chi connectivity index (χ2v) is 8.56. The van der Waals surface area contributed by atoms with Gasteiger partial charge in [-0.2, -0.15) is 0 Å². The summed E-state index contributed by atoms with van der Waals surface area (Å²) in [6.07, 6.45) is 3.27. The number of rotatable bonds is 3. The molecule has 0 spiro atoms. The number of ether oxygens (including phenoxy) is 1. The minimum Gasteiger partial charge on any atom is -0.497 e. The van der Waals surface area contributed by atoms with E-state index in [1.165, 1.54) is 7.11 Å². The number of anilines is 4. The van der Waals surface area contributed by atoms with E-state index in [-0.39, 0.29) is 11.5 Å². The van der Waals surface area contributed by atoms with Gasteiger partial charge in [0.05, 0.1) is 47.7 Å². The van der Waals surface area contributed by atoms with Gasteiger partial charge in [0.15, 0.2) is 0 Å². The first-order chi connectivity index (χ1) is 16.2. The lowest BCUT2D eigenvalue weighted by molar-refractivity contribution is 0.0923. The predicted octanol–water partition coefficient (Wildman–Crippen LogP) is 5.22. The van der Waals surface area contributed by atoms with Crippen LogP contribution in [-0.4, -0.2) is 28.9 Å². The second-order valence-electron chi connectivity index (χ2n) is 7.47. The third-order valence-corrected chi connectivity index (χ3v) is 6.74. The Labute approximate surface area is 193 Å². The first-order valence-corrected chi connectivity index (χ1v) is 11.0. The number of aromatic nitrogens is 2. The smallest absolute Gasteiger partial charge is 0.268 e. The number of hydrogen-bond acceptors (Lipinski definition) is 7. The molecule has 1 aromatic heterocycles. The summed E-state index contributed by atoms with van der Waals surface area (Å²) in [5, 5.41) is 0. The van der Waals surface area contributed by atoms with Crippen molar-refractivity contribution in [1.82, 2.24) is 9.97 Å². The van der Waals surface area contributed by atoms with Gasteiger partial charge >= 0.3 is 0 Å². The lowest BCUT2D eigenvalue weighted by atomic mass is 10.1. The largest absolute Gasteiger partial charge is 0.497 e. The van der Waals surface area contributed by atoms with Crippen LogP contribution in [0.25, 0.3) is 0 Å². The molecule has 0 radical (unpaired) electrons. The molecule has 33 heavy (non-hydrogen) atoms. The summed E-state index contributed by atoms with van der Waals surface area (Å²) in [6.45, 7) is 0.